The van der Waals surface area contributed by atoms with Crippen molar-refractivity contribution < 1.29 is 14.3 Å². The maximum Gasteiger partial charge on any atom is 0.239 e. The lowest BCUT2D eigenvalue weighted by Crippen LogP contribution is -2.48. The van der Waals surface area contributed by atoms with Crippen molar-refractivity contribution in [3.05, 3.63) is 23.8 Å². The Kier molecular flexibility index (Phi) is 5.91. The van der Waals surface area contributed by atoms with Crippen LogP contribution in [0.4, 0.5) is 0 Å². The van der Waals surface area contributed by atoms with Crippen molar-refractivity contribution in [1.29, 1.82) is 0 Å². The number of carbonyl (C=O) groups excluding carboxylic acids is 1. The van der Waals surface area contributed by atoms with Crippen molar-refractivity contribution in [3.63, 3.8) is 0 Å². The second-order valence-corrected chi connectivity index (χ2v) is 5.54. The number of amides is 1. The van der Waals surface area contributed by atoms with Gasteiger partial charge in [0.05, 0.1) is 6.04 Å². The number of piperidine rings is 1. The van der Waals surface area contributed by atoms with Gasteiger partial charge in [0.25, 0.3) is 0 Å². The summed E-state index contributed by atoms with van der Waals surface area (Å²) in [5, 5.41) is 3.33. The van der Waals surface area contributed by atoms with Gasteiger partial charge < -0.3 is 19.7 Å². The van der Waals surface area contributed by atoms with E-state index in [4.69, 9.17) is 9.47 Å². The molecule has 0 saturated carbocycles. The predicted octanol–water partition coefficient (Wildman–Crippen LogP) is 2.33. The van der Waals surface area contributed by atoms with E-state index in [-0.39, 0.29) is 31.1 Å². The summed E-state index contributed by atoms with van der Waals surface area (Å²) < 4.78 is 10.7. The zero-order valence-corrected chi connectivity index (χ0v) is 13.7. The largest absolute Gasteiger partial charge is 0.454 e. The van der Waals surface area contributed by atoms with Gasteiger partial charge in [0.2, 0.25) is 12.7 Å². The lowest BCUT2D eigenvalue weighted by molar-refractivity contribution is -0.134. The molecular formula is C16H23ClN2O3. The molecule has 2 heterocycles. The normalized spacial score (nSPS) is 19.4. The molecule has 22 heavy (non-hydrogen) atoms. The Labute approximate surface area is 137 Å². The highest BCUT2D eigenvalue weighted by Gasteiger charge is 2.25. The Morgan fingerprint density at radius 3 is 2.86 bits per heavy atom. The van der Waals surface area contributed by atoms with E-state index < -0.39 is 0 Å². The summed E-state index contributed by atoms with van der Waals surface area (Å²) in [6, 6.07) is 5.85. The summed E-state index contributed by atoms with van der Waals surface area (Å²) in [5.41, 5.74) is 1.07. The number of halogens is 1. The maximum absolute atomic E-state index is 12.6. The first kappa shape index (κ1) is 16.9. The number of likely N-dealkylation sites (N-methyl/N-ethyl adjacent to an activating group) is 1. The number of benzene rings is 1. The molecule has 2 aliphatic rings. The van der Waals surface area contributed by atoms with E-state index >= 15 is 0 Å². The van der Waals surface area contributed by atoms with E-state index in [1.807, 2.05) is 30.0 Å². The van der Waals surface area contributed by atoms with Crippen LogP contribution in [-0.4, -0.2) is 36.7 Å². The average Bonchev–Trinajstić information content (AvgIpc) is 3.00. The third-order valence-electron chi connectivity index (χ3n) is 4.11. The van der Waals surface area contributed by atoms with Crippen LogP contribution in [0, 0.1) is 0 Å². The van der Waals surface area contributed by atoms with Crippen LogP contribution in [0.5, 0.6) is 11.5 Å². The minimum Gasteiger partial charge on any atom is -0.454 e. The van der Waals surface area contributed by atoms with Crippen LogP contribution in [0.3, 0.4) is 0 Å². The number of hydrogen-bond acceptors (Lipinski definition) is 4. The van der Waals surface area contributed by atoms with Gasteiger partial charge in [0.15, 0.2) is 11.5 Å². The molecule has 0 spiro atoms. The van der Waals surface area contributed by atoms with Gasteiger partial charge in [-0.3, -0.25) is 4.79 Å². The number of carbonyl (C=O) groups is 1. The van der Waals surface area contributed by atoms with Crippen molar-refractivity contribution in [2.24, 2.45) is 0 Å². The van der Waals surface area contributed by atoms with Crippen molar-refractivity contribution in [1.82, 2.24) is 10.2 Å². The summed E-state index contributed by atoms with van der Waals surface area (Å²) >= 11 is 0. The predicted molar refractivity (Wildman–Crippen MR) is 86.5 cm³/mol. The number of nitrogens with zero attached hydrogens (tertiary/aromatic N) is 1. The number of fused-ring (bicyclic) bond motifs is 1. The molecule has 6 heteroatoms. The average molecular weight is 327 g/mol. The first-order chi connectivity index (χ1) is 10.3. The summed E-state index contributed by atoms with van der Waals surface area (Å²) in [4.78, 5) is 14.5. The summed E-state index contributed by atoms with van der Waals surface area (Å²) in [5.74, 6) is 1.75. The SMILES string of the molecule is CCN(Cc1ccc2c(c1)OCO2)C(=O)[C@@H]1CCCCN1.Cl. The molecule has 1 aromatic rings. The van der Waals surface area contributed by atoms with Crippen LogP contribution in [0.15, 0.2) is 18.2 Å². The third kappa shape index (κ3) is 3.65. The zero-order valence-electron chi connectivity index (χ0n) is 12.8. The van der Waals surface area contributed by atoms with Crippen LogP contribution in [0.1, 0.15) is 31.7 Å². The van der Waals surface area contributed by atoms with Gasteiger partial charge in [-0.1, -0.05) is 12.5 Å². The van der Waals surface area contributed by atoms with Crippen LogP contribution >= 0.6 is 12.4 Å². The van der Waals surface area contributed by atoms with Gasteiger partial charge in [0.1, 0.15) is 0 Å². The molecule has 2 aliphatic heterocycles. The van der Waals surface area contributed by atoms with E-state index in [1.165, 1.54) is 0 Å². The number of rotatable bonds is 4. The van der Waals surface area contributed by atoms with E-state index in [0.717, 1.165) is 42.9 Å². The van der Waals surface area contributed by atoms with Gasteiger partial charge in [-0.25, -0.2) is 0 Å². The Morgan fingerprint density at radius 2 is 2.14 bits per heavy atom. The molecule has 3 rings (SSSR count). The number of nitrogens with one attached hydrogen (secondary N) is 1. The Morgan fingerprint density at radius 1 is 1.32 bits per heavy atom. The lowest BCUT2D eigenvalue weighted by Gasteiger charge is -2.29. The van der Waals surface area contributed by atoms with Gasteiger partial charge in [0, 0.05) is 13.1 Å². The molecule has 1 atom stereocenters. The standard InChI is InChI=1S/C16H22N2O3.ClH/c1-2-18(16(19)13-5-3-4-8-17-13)10-12-6-7-14-15(9-12)21-11-20-14;/h6-7,9,13,17H,2-5,8,10-11H2,1H3;1H/t13-;/m0./s1. The fourth-order valence-corrected chi connectivity index (χ4v) is 2.89. The Hall–Kier alpha value is -1.46. The highest BCUT2D eigenvalue weighted by atomic mass is 35.5. The minimum atomic E-state index is -0.0206. The lowest BCUT2D eigenvalue weighted by atomic mass is 10.0. The van der Waals surface area contributed by atoms with Gasteiger partial charge in [-0.2, -0.15) is 0 Å². The molecule has 1 saturated heterocycles. The smallest absolute Gasteiger partial charge is 0.239 e. The van der Waals surface area contributed by atoms with Crippen molar-refractivity contribution in [3.8, 4) is 11.5 Å². The molecule has 0 aliphatic carbocycles. The monoisotopic (exact) mass is 326 g/mol. The first-order valence-electron chi connectivity index (χ1n) is 7.68. The van der Waals surface area contributed by atoms with Crippen molar-refractivity contribution in [2.45, 2.75) is 38.8 Å². The van der Waals surface area contributed by atoms with Crippen LogP contribution in [0.2, 0.25) is 0 Å². The quantitative estimate of drug-likeness (QED) is 0.922. The second-order valence-electron chi connectivity index (χ2n) is 5.54. The van der Waals surface area contributed by atoms with Crippen LogP contribution in [0.25, 0.3) is 0 Å². The topological polar surface area (TPSA) is 50.8 Å². The zero-order chi connectivity index (χ0) is 14.7. The van der Waals surface area contributed by atoms with Crippen molar-refractivity contribution >= 4 is 18.3 Å². The molecule has 122 valence electrons. The Balaban J connectivity index is 0.00000176. The molecule has 5 nitrogen and oxygen atoms in total. The number of ether oxygens (including phenoxy) is 2. The molecule has 1 N–H and O–H groups in total. The van der Waals surface area contributed by atoms with Crippen LogP contribution < -0.4 is 14.8 Å². The molecule has 1 aromatic carbocycles. The second kappa shape index (κ2) is 7.70. The fraction of sp³-hybridized carbons (Fsp3) is 0.562. The first-order valence-corrected chi connectivity index (χ1v) is 7.68. The van der Waals surface area contributed by atoms with E-state index in [1.54, 1.807) is 0 Å². The molecule has 1 amide bonds. The highest BCUT2D eigenvalue weighted by Crippen LogP contribution is 2.32. The van der Waals surface area contributed by atoms with E-state index in [2.05, 4.69) is 5.32 Å². The van der Waals surface area contributed by atoms with Gasteiger partial charge in [-0.15, -0.1) is 12.4 Å². The molecule has 0 unspecified atom stereocenters. The molecular weight excluding hydrogens is 304 g/mol. The fourth-order valence-electron chi connectivity index (χ4n) is 2.89. The molecule has 0 aromatic heterocycles. The Bertz CT molecular complexity index is 518. The van der Waals surface area contributed by atoms with E-state index in [0.29, 0.717) is 13.1 Å². The molecule has 0 bridgehead atoms. The molecule has 0 radical (unpaired) electrons. The van der Waals surface area contributed by atoms with Crippen LogP contribution in [-0.2, 0) is 11.3 Å². The summed E-state index contributed by atoms with van der Waals surface area (Å²) in [6.45, 7) is 4.57. The minimum absolute atomic E-state index is 0. The van der Waals surface area contributed by atoms with E-state index in [9.17, 15) is 4.79 Å². The highest BCUT2D eigenvalue weighted by molar-refractivity contribution is 5.85. The molecule has 1 fully saturated rings. The third-order valence-corrected chi connectivity index (χ3v) is 4.11. The van der Waals surface area contributed by atoms with Gasteiger partial charge in [-0.05, 0) is 44.0 Å². The summed E-state index contributed by atoms with van der Waals surface area (Å²) in [6.07, 6.45) is 3.24. The van der Waals surface area contributed by atoms with Gasteiger partial charge >= 0.3 is 0 Å². The maximum atomic E-state index is 12.6. The summed E-state index contributed by atoms with van der Waals surface area (Å²) in [7, 11) is 0. The number of hydrogen-bond donors (Lipinski definition) is 1. The van der Waals surface area contributed by atoms with Crippen molar-refractivity contribution in [2.75, 3.05) is 19.9 Å².